The number of rotatable bonds is 3. The highest BCUT2D eigenvalue weighted by Gasteiger charge is 2.14. The summed E-state index contributed by atoms with van der Waals surface area (Å²) in [7, 11) is 0. The Morgan fingerprint density at radius 2 is 2.38 bits per heavy atom. The summed E-state index contributed by atoms with van der Waals surface area (Å²) in [6, 6.07) is 0. The number of nitrogens with one attached hydrogen (secondary N) is 1. The van der Waals surface area contributed by atoms with E-state index >= 15 is 0 Å². The molecule has 0 radical (unpaired) electrons. The van der Waals surface area contributed by atoms with E-state index in [9.17, 15) is 0 Å². The summed E-state index contributed by atoms with van der Waals surface area (Å²) in [5.41, 5.74) is 0.775. The fourth-order valence-electron chi connectivity index (χ4n) is 1.63. The largest absolute Gasteiger partial charge is 0.372 e. The Morgan fingerprint density at radius 3 is 3.06 bits per heavy atom. The number of halogens is 2. The molecule has 0 aliphatic carbocycles. The number of nitrogens with zero attached hydrogens (tertiary/aromatic N) is 2. The highest BCUT2D eigenvalue weighted by Crippen LogP contribution is 2.17. The van der Waals surface area contributed by atoms with E-state index in [-0.39, 0.29) is 11.4 Å². The van der Waals surface area contributed by atoms with Crippen molar-refractivity contribution < 1.29 is 4.74 Å². The number of hydrogen-bond acceptors (Lipinski definition) is 4. The zero-order valence-corrected chi connectivity index (χ0v) is 10.3. The monoisotopic (exact) mass is 261 g/mol. The molecule has 1 aromatic rings. The molecular weight excluding hydrogens is 249 g/mol. The molecule has 0 aromatic carbocycles. The van der Waals surface area contributed by atoms with Crippen LogP contribution in [0.15, 0.2) is 6.20 Å². The van der Waals surface area contributed by atoms with Crippen molar-refractivity contribution in [1.82, 2.24) is 15.3 Å². The lowest BCUT2D eigenvalue weighted by molar-refractivity contribution is 0.0251. The first-order chi connectivity index (χ1) is 7.75. The van der Waals surface area contributed by atoms with Gasteiger partial charge < -0.3 is 10.1 Å². The first kappa shape index (κ1) is 12.0. The Bertz CT molecular complexity index is 356. The first-order valence-corrected chi connectivity index (χ1v) is 6.00. The molecule has 1 unspecified atom stereocenters. The van der Waals surface area contributed by atoms with Crippen LogP contribution in [0.3, 0.4) is 0 Å². The molecule has 0 bridgehead atoms. The van der Waals surface area contributed by atoms with E-state index in [4.69, 9.17) is 27.9 Å². The fraction of sp³-hybridized carbons (Fsp3) is 0.600. The molecule has 1 aliphatic heterocycles. The summed E-state index contributed by atoms with van der Waals surface area (Å²) in [4.78, 5) is 7.74. The van der Waals surface area contributed by atoms with Gasteiger partial charge in [0.15, 0.2) is 0 Å². The van der Waals surface area contributed by atoms with Crippen LogP contribution in [0.1, 0.15) is 18.4 Å². The standard InChI is InChI=1S/C10H13Cl2N3O/c11-9-7(4-14-10(12)15-9)6-16-8-2-1-3-13-5-8/h4,8,13H,1-3,5-6H2. The van der Waals surface area contributed by atoms with Gasteiger partial charge in [-0.05, 0) is 31.0 Å². The number of piperidine rings is 1. The average Bonchev–Trinajstić information content (AvgIpc) is 2.29. The van der Waals surface area contributed by atoms with Gasteiger partial charge in [-0.2, -0.15) is 0 Å². The van der Waals surface area contributed by atoms with E-state index < -0.39 is 0 Å². The zero-order chi connectivity index (χ0) is 11.4. The SMILES string of the molecule is Clc1ncc(COC2CCCNC2)c(Cl)n1. The normalized spacial score (nSPS) is 21.0. The van der Waals surface area contributed by atoms with Gasteiger partial charge in [-0.25, -0.2) is 9.97 Å². The summed E-state index contributed by atoms with van der Waals surface area (Å²) in [5, 5.41) is 3.81. The van der Waals surface area contributed by atoms with E-state index in [1.54, 1.807) is 6.20 Å². The summed E-state index contributed by atoms with van der Waals surface area (Å²) in [6.07, 6.45) is 4.09. The number of ether oxygens (including phenoxy) is 1. The average molecular weight is 262 g/mol. The first-order valence-electron chi connectivity index (χ1n) is 5.25. The van der Waals surface area contributed by atoms with Gasteiger partial charge >= 0.3 is 0 Å². The molecule has 6 heteroatoms. The van der Waals surface area contributed by atoms with Gasteiger partial charge in [0.2, 0.25) is 5.28 Å². The molecule has 0 saturated carbocycles. The molecule has 0 amide bonds. The van der Waals surface area contributed by atoms with E-state index in [2.05, 4.69) is 15.3 Å². The number of aromatic nitrogens is 2. The molecule has 2 heterocycles. The Kier molecular flexibility index (Phi) is 4.35. The van der Waals surface area contributed by atoms with Gasteiger partial charge in [-0.15, -0.1) is 0 Å². The van der Waals surface area contributed by atoms with Gasteiger partial charge in [-0.3, -0.25) is 0 Å². The van der Waals surface area contributed by atoms with E-state index in [1.165, 1.54) is 0 Å². The van der Waals surface area contributed by atoms with Crippen LogP contribution in [0.2, 0.25) is 10.4 Å². The van der Waals surface area contributed by atoms with Crippen molar-refractivity contribution in [2.75, 3.05) is 13.1 Å². The van der Waals surface area contributed by atoms with Crippen LogP contribution in [0.5, 0.6) is 0 Å². The van der Waals surface area contributed by atoms with E-state index in [1.807, 2.05) is 0 Å². The Hall–Kier alpha value is -0.420. The van der Waals surface area contributed by atoms with Crippen LogP contribution in [0, 0.1) is 0 Å². The Morgan fingerprint density at radius 1 is 1.50 bits per heavy atom. The fourth-order valence-corrected chi connectivity index (χ4v) is 1.99. The zero-order valence-electron chi connectivity index (χ0n) is 8.75. The molecule has 1 aliphatic rings. The molecule has 1 atom stereocenters. The second kappa shape index (κ2) is 5.77. The molecule has 1 saturated heterocycles. The minimum absolute atomic E-state index is 0.160. The predicted molar refractivity (Wildman–Crippen MR) is 62.7 cm³/mol. The highest BCUT2D eigenvalue weighted by molar-refractivity contribution is 6.32. The molecule has 2 rings (SSSR count). The van der Waals surface area contributed by atoms with Crippen LogP contribution in [0.25, 0.3) is 0 Å². The van der Waals surface area contributed by atoms with Gasteiger partial charge in [-0.1, -0.05) is 11.6 Å². The summed E-state index contributed by atoms with van der Waals surface area (Å²) in [6.45, 7) is 2.40. The minimum Gasteiger partial charge on any atom is -0.372 e. The molecule has 88 valence electrons. The predicted octanol–water partition coefficient (Wildman–Crippen LogP) is 2.05. The highest BCUT2D eigenvalue weighted by atomic mass is 35.5. The molecule has 1 N–H and O–H groups in total. The van der Waals surface area contributed by atoms with Crippen LogP contribution in [-0.2, 0) is 11.3 Å². The molecular formula is C10H13Cl2N3O. The Labute approximate surface area is 104 Å². The lowest BCUT2D eigenvalue weighted by atomic mass is 10.1. The minimum atomic E-state index is 0.160. The van der Waals surface area contributed by atoms with Crippen molar-refractivity contribution in [1.29, 1.82) is 0 Å². The van der Waals surface area contributed by atoms with Crippen molar-refractivity contribution in [2.24, 2.45) is 0 Å². The van der Waals surface area contributed by atoms with Crippen molar-refractivity contribution in [3.05, 3.63) is 22.2 Å². The maximum Gasteiger partial charge on any atom is 0.223 e. The van der Waals surface area contributed by atoms with Crippen molar-refractivity contribution in [2.45, 2.75) is 25.6 Å². The molecule has 0 spiro atoms. The number of hydrogen-bond donors (Lipinski definition) is 1. The maximum atomic E-state index is 5.92. The van der Waals surface area contributed by atoms with Gasteiger partial charge in [0, 0.05) is 18.3 Å². The van der Waals surface area contributed by atoms with Crippen LogP contribution < -0.4 is 5.32 Å². The third-order valence-corrected chi connectivity index (χ3v) is 3.02. The molecule has 1 fully saturated rings. The van der Waals surface area contributed by atoms with Gasteiger partial charge in [0.1, 0.15) is 5.15 Å². The van der Waals surface area contributed by atoms with Crippen LogP contribution >= 0.6 is 23.2 Å². The molecule has 4 nitrogen and oxygen atoms in total. The summed E-state index contributed by atoms with van der Waals surface area (Å²) >= 11 is 11.5. The Balaban J connectivity index is 1.88. The maximum absolute atomic E-state index is 5.92. The van der Waals surface area contributed by atoms with Gasteiger partial charge in [0.05, 0.1) is 12.7 Å². The molecule has 1 aromatic heterocycles. The third-order valence-electron chi connectivity index (χ3n) is 2.51. The van der Waals surface area contributed by atoms with Crippen LogP contribution in [0.4, 0.5) is 0 Å². The second-order valence-corrected chi connectivity index (χ2v) is 4.43. The van der Waals surface area contributed by atoms with Crippen molar-refractivity contribution in [3.8, 4) is 0 Å². The van der Waals surface area contributed by atoms with Gasteiger partial charge in [0.25, 0.3) is 0 Å². The van der Waals surface area contributed by atoms with Crippen LogP contribution in [-0.4, -0.2) is 29.2 Å². The summed E-state index contributed by atoms with van der Waals surface area (Å²) in [5.74, 6) is 0. The topological polar surface area (TPSA) is 47.0 Å². The van der Waals surface area contributed by atoms with Crippen molar-refractivity contribution >= 4 is 23.2 Å². The quantitative estimate of drug-likeness (QED) is 0.669. The third kappa shape index (κ3) is 3.28. The second-order valence-electron chi connectivity index (χ2n) is 3.73. The smallest absolute Gasteiger partial charge is 0.223 e. The summed E-state index contributed by atoms with van der Waals surface area (Å²) < 4.78 is 5.72. The van der Waals surface area contributed by atoms with Crippen molar-refractivity contribution in [3.63, 3.8) is 0 Å². The van der Waals surface area contributed by atoms with E-state index in [0.717, 1.165) is 31.5 Å². The lowest BCUT2D eigenvalue weighted by Crippen LogP contribution is -2.35. The van der Waals surface area contributed by atoms with E-state index in [0.29, 0.717) is 11.8 Å². The molecule has 16 heavy (non-hydrogen) atoms. The lowest BCUT2D eigenvalue weighted by Gasteiger charge is -2.23.